The summed E-state index contributed by atoms with van der Waals surface area (Å²) >= 11 is 0. The summed E-state index contributed by atoms with van der Waals surface area (Å²) in [5.74, 6) is 3.05. The summed E-state index contributed by atoms with van der Waals surface area (Å²) in [4.78, 5) is 14.8. The molecule has 1 unspecified atom stereocenters. The van der Waals surface area contributed by atoms with Crippen LogP contribution in [0.4, 0.5) is 0 Å². The highest BCUT2D eigenvalue weighted by atomic mass is 16.6. The summed E-state index contributed by atoms with van der Waals surface area (Å²) in [6, 6.07) is 7.84. The molecule has 1 saturated heterocycles. The quantitative estimate of drug-likeness (QED) is 0.862. The molecular formula is C22H32N2O3. The first-order chi connectivity index (χ1) is 13.3. The van der Waals surface area contributed by atoms with Gasteiger partial charge in [0.15, 0.2) is 11.5 Å². The van der Waals surface area contributed by atoms with Gasteiger partial charge in [-0.1, -0.05) is 31.4 Å². The number of hydrogen-bond donors (Lipinski definition) is 1. The van der Waals surface area contributed by atoms with Crippen molar-refractivity contribution in [1.29, 1.82) is 0 Å². The van der Waals surface area contributed by atoms with E-state index >= 15 is 0 Å². The molecule has 27 heavy (non-hydrogen) atoms. The Morgan fingerprint density at radius 1 is 1.00 bits per heavy atom. The van der Waals surface area contributed by atoms with E-state index in [1.54, 1.807) is 0 Å². The molecule has 1 saturated carbocycles. The zero-order valence-corrected chi connectivity index (χ0v) is 16.2. The molecular weight excluding hydrogens is 340 g/mol. The van der Waals surface area contributed by atoms with Gasteiger partial charge in [-0.2, -0.15) is 0 Å². The molecule has 0 radical (unpaired) electrons. The third-order valence-corrected chi connectivity index (χ3v) is 6.25. The summed E-state index contributed by atoms with van der Waals surface area (Å²) in [5, 5.41) is 3.55. The fourth-order valence-corrected chi connectivity index (χ4v) is 4.58. The van der Waals surface area contributed by atoms with Gasteiger partial charge in [0, 0.05) is 25.6 Å². The zero-order valence-electron chi connectivity index (χ0n) is 16.2. The fourth-order valence-electron chi connectivity index (χ4n) is 4.58. The maximum Gasteiger partial charge on any atom is 0.225 e. The van der Waals surface area contributed by atoms with Crippen LogP contribution >= 0.6 is 0 Å². The van der Waals surface area contributed by atoms with Gasteiger partial charge < -0.3 is 19.7 Å². The van der Waals surface area contributed by atoms with Crippen LogP contribution in [0.5, 0.6) is 11.5 Å². The molecule has 1 aromatic carbocycles. The molecule has 1 aliphatic carbocycles. The van der Waals surface area contributed by atoms with Crippen LogP contribution in [0.15, 0.2) is 24.3 Å². The Balaban J connectivity index is 1.15. The summed E-state index contributed by atoms with van der Waals surface area (Å²) in [7, 11) is 0. The Bertz CT molecular complexity index is 622. The SMILES string of the molecule is O=C(C1CCCCC1)N1CCC(CNCC2COc3ccccc3O2)CC1. The van der Waals surface area contributed by atoms with E-state index in [0.29, 0.717) is 24.3 Å². The zero-order chi connectivity index (χ0) is 18.5. The van der Waals surface area contributed by atoms with E-state index in [1.807, 2.05) is 24.3 Å². The first kappa shape index (κ1) is 18.6. The molecule has 2 heterocycles. The largest absolute Gasteiger partial charge is 0.486 e. The second-order valence-electron chi connectivity index (χ2n) is 8.26. The summed E-state index contributed by atoms with van der Waals surface area (Å²) in [5.41, 5.74) is 0. The standard InChI is InChI=1S/C22H32N2O3/c25-22(18-6-2-1-3-7-18)24-12-10-17(11-13-24)14-23-15-19-16-26-20-8-4-5-9-21(20)27-19/h4-5,8-9,17-19,23H,1-3,6-7,10-16H2. The molecule has 1 amide bonds. The lowest BCUT2D eigenvalue weighted by Gasteiger charge is -2.35. The predicted octanol–water partition coefficient (Wildman–Crippen LogP) is 3.23. The molecule has 3 aliphatic rings. The number of carbonyl (C=O) groups is 1. The maximum atomic E-state index is 12.7. The Morgan fingerprint density at radius 2 is 1.74 bits per heavy atom. The van der Waals surface area contributed by atoms with E-state index in [2.05, 4.69) is 10.2 Å². The van der Waals surface area contributed by atoms with Gasteiger partial charge in [-0.15, -0.1) is 0 Å². The first-order valence-corrected chi connectivity index (χ1v) is 10.7. The van der Waals surface area contributed by atoms with Gasteiger partial charge in [-0.25, -0.2) is 0 Å². The van der Waals surface area contributed by atoms with Gasteiger partial charge in [0.05, 0.1) is 0 Å². The van der Waals surface area contributed by atoms with Crippen LogP contribution in [0.3, 0.4) is 0 Å². The number of ether oxygens (including phenoxy) is 2. The first-order valence-electron chi connectivity index (χ1n) is 10.7. The highest BCUT2D eigenvalue weighted by Gasteiger charge is 2.29. The molecule has 0 aromatic heterocycles. The molecule has 4 rings (SSSR count). The van der Waals surface area contributed by atoms with E-state index in [0.717, 1.165) is 63.4 Å². The van der Waals surface area contributed by atoms with Gasteiger partial charge in [0.2, 0.25) is 5.91 Å². The molecule has 1 N–H and O–H groups in total. The number of carbonyl (C=O) groups excluding carboxylic acids is 1. The molecule has 1 aromatic rings. The lowest BCUT2D eigenvalue weighted by Crippen LogP contribution is -2.45. The van der Waals surface area contributed by atoms with Gasteiger partial charge in [0.25, 0.3) is 0 Å². The Kier molecular flexibility index (Phi) is 6.17. The minimum Gasteiger partial charge on any atom is -0.486 e. The van der Waals surface area contributed by atoms with Gasteiger partial charge in [-0.05, 0) is 50.3 Å². The van der Waals surface area contributed by atoms with Crippen LogP contribution in [0.25, 0.3) is 0 Å². The minimum absolute atomic E-state index is 0.0628. The van der Waals surface area contributed by atoms with Crippen LogP contribution < -0.4 is 14.8 Å². The van der Waals surface area contributed by atoms with E-state index in [9.17, 15) is 4.79 Å². The van der Waals surface area contributed by atoms with Crippen LogP contribution in [-0.2, 0) is 4.79 Å². The van der Waals surface area contributed by atoms with E-state index in [-0.39, 0.29) is 6.10 Å². The van der Waals surface area contributed by atoms with Crippen molar-refractivity contribution in [2.45, 2.75) is 51.0 Å². The number of hydrogen-bond acceptors (Lipinski definition) is 4. The number of benzene rings is 1. The molecule has 0 bridgehead atoms. The van der Waals surface area contributed by atoms with Crippen molar-refractivity contribution in [1.82, 2.24) is 10.2 Å². The second-order valence-corrected chi connectivity index (χ2v) is 8.26. The number of nitrogens with one attached hydrogen (secondary N) is 1. The van der Waals surface area contributed by atoms with Gasteiger partial charge in [0.1, 0.15) is 12.7 Å². The maximum absolute atomic E-state index is 12.7. The molecule has 1 atom stereocenters. The lowest BCUT2D eigenvalue weighted by molar-refractivity contribution is -0.138. The van der Waals surface area contributed by atoms with Crippen molar-refractivity contribution in [3.8, 4) is 11.5 Å². The molecule has 2 fully saturated rings. The van der Waals surface area contributed by atoms with Crippen molar-refractivity contribution >= 4 is 5.91 Å². The van der Waals surface area contributed by atoms with Gasteiger partial charge in [-0.3, -0.25) is 4.79 Å². The van der Waals surface area contributed by atoms with Crippen molar-refractivity contribution < 1.29 is 14.3 Å². The number of rotatable bonds is 5. The molecule has 0 spiro atoms. The minimum atomic E-state index is 0.0628. The summed E-state index contributed by atoms with van der Waals surface area (Å²) in [6.45, 7) is 4.25. The Labute approximate surface area is 162 Å². The monoisotopic (exact) mass is 372 g/mol. The number of piperidine rings is 1. The van der Waals surface area contributed by atoms with Crippen molar-refractivity contribution in [3.05, 3.63) is 24.3 Å². The van der Waals surface area contributed by atoms with Crippen molar-refractivity contribution in [3.63, 3.8) is 0 Å². The van der Waals surface area contributed by atoms with Crippen LogP contribution in [0, 0.1) is 11.8 Å². The highest BCUT2D eigenvalue weighted by molar-refractivity contribution is 5.79. The number of fused-ring (bicyclic) bond motifs is 1. The van der Waals surface area contributed by atoms with Crippen molar-refractivity contribution in [2.24, 2.45) is 11.8 Å². The van der Waals surface area contributed by atoms with E-state index in [4.69, 9.17) is 9.47 Å². The lowest BCUT2D eigenvalue weighted by atomic mass is 9.87. The summed E-state index contributed by atoms with van der Waals surface area (Å²) in [6.07, 6.45) is 8.25. The van der Waals surface area contributed by atoms with Crippen molar-refractivity contribution in [2.75, 3.05) is 32.8 Å². The molecule has 2 aliphatic heterocycles. The fraction of sp³-hybridized carbons (Fsp3) is 0.682. The number of likely N-dealkylation sites (tertiary alicyclic amines) is 1. The molecule has 5 nitrogen and oxygen atoms in total. The predicted molar refractivity (Wildman–Crippen MR) is 105 cm³/mol. The number of para-hydroxylation sites is 2. The smallest absolute Gasteiger partial charge is 0.225 e. The number of nitrogens with zero attached hydrogens (tertiary/aromatic N) is 1. The van der Waals surface area contributed by atoms with E-state index in [1.165, 1.54) is 19.3 Å². The summed E-state index contributed by atoms with van der Waals surface area (Å²) < 4.78 is 11.8. The van der Waals surface area contributed by atoms with Crippen LogP contribution in [0.2, 0.25) is 0 Å². The van der Waals surface area contributed by atoms with E-state index < -0.39 is 0 Å². The topological polar surface area (TPSA) is 50.8 Å². The average Bonchev–Trinajstić information content (AvgIpc) is 2.74. The van der Waals surface area contributed by atoms with Crippen LogP contribution in [0.1, 0.15) is 44.9 Å². The number of amides is 1. The third-order valence-electron chi connectivity index (χ3n) is 6.25. The van der Waals surface area contributed by atoms with Crippen LogP contribution in [-0.4, -0.2) is 49.7 Å². The average molecular weight is 373 g/mol. The second kappa shape index (κ2) is 8.96. The highest BCUT2D eigenvalue weighted by Crippen LogP contribution is 2.31. The van der Waals surface area contributed by atoms with Gasteiger partial charge >= 0.3 is 0 Å². The third kappa shape index (κ3) is 4.75. The molecule has 148 valence electrons. The molecule has 5 heteroatoms. The normalized spacial score (nSPS) is 24.0. The Hall–Kier alpha value is -1.75. The Morgan fingerprint density at radius 3 is 2.52 bits per heavy atom.